The highest BCUT2D eigenvalue weighted by molar-refractivity contribution is 6.01. The highest BCUT2D eigenvalue weighted by Crippen LogP contribution is 2.19. The van der Waals surface area contributed by atoms with Crippen LogP contribution in [-0.2, 0) is 0 Å². The number of H-pyrrole nitrogens is 1. The molecule has 0 atom stereocenters. The third-order valence-corrected chi connectivity index (χ3v) is 3.42. The molecule has 1 amide bonds. The number of hydrogen-bond donors (Lipinski definition) is 2. The van der Waals surface area contributed by atoms with Crippen molar-refractivity contribution in [3.05, 3.63) is 71.2 Å². The van der Waals surface area contributed by atoms with Crippen LogP contribution in [0.2, 0.25) is 0 Å². The number of amides is 1. The number of benzene rings is 2. The molecule has 0 aliphatic heterocycles. The third-order valence-electron chi connectivity index (χ3n) is 3.42. The Balaban J connectivity index is 1.81. The van der Waals surface area contributed by atoms with Gasteiger partial charge in [0.05, 0.1) is 11.8 Å². The Morgan fingerprint density at radius 2 is 1.91 bits per heavy atom. The molecule has 110 valence electrons. The van der Waals surface area contributed by atoms with Crippen LogP contribution in [0.3, 0.4) is 0 Å². The number of rotatable bonds is 3. The number of fused-ring (bicyclic) bond motifs is 1. The van der Waals surface area contributed by atoms with Gasteiger partial charge in [-0.1, -0.05) is 30.3 Å². The lowest BCUT2D eigenvalue weighted by atomic mass is 10.1. The van der Waals surface area contributed by atoms with Crippen molar-refractivity contribution in [2.75, 3.05) is 0 Å². The fourth-order valence-electron chi connectivity index (χ4n) is 2.33. The van der Waals surface area contributed by atoms with Gasteiger partial charge < -0.3 is 4.98 Å². The van der Waals surface area contributed by atoms with E-state index in [1.165, 1.54) is 18.2 Å². The summed E-state index contributed by atoms with van der Waals surface area (Å²) < 4.78 is 13.5. The molecule has 1 aromatic heterocycles. The largest absolute Gasteiger partial charge is 0.358 e. The predicted molar refractivity (Wildman–Crippen MR) is 84.5 cm³/mol. The fourth-order valence-corrected chi connectivity index (χ4v) is 2.33. The molecule has 4 nitrogen and oxygen atoms in total. The van der Waals surface area contributed by atoms with E-state index in [4.69, 9.17) is 0 Å². The molecule has 0 bridgehead atoms. The van der Waals surface area contributed by atoms with E-state index in [1.54, 1.807) is 12.3 Å². The number of hydrazone groups is 1. The third kappa shape index (κ3) is 2.61. The number of carbonyl (C=O) groups excluding carboxylic acids is 1. The molecule has 0 spiro atoms. The van der Waals surface area contributed by atoms with E-state index < -0.39 is 11.7 Å². The summed E-state index contributed by atoms with van der Waals surface area (Å²) in [7, 11) is 0. The summed E-state index contributed by atoms with van der Waals surface area (Å²) in [6.45, 7) is 1.93. The van der Waals surface area contributed by atoms with Gasteiger partial charge in [-0.2, -0.15) is 5.10 Å². The molecule has 3 aromatic rings. The zero-order chi connectivity index (χ0) is 15.5. The number of aromatic nitrogens is 1. The Morgan fingerprint density at radius 1 is 1.18 bits per heavy atom. The van der Waals surface area contributed by atoms with Crippen LogP contribution in [0.1, 0.15) is 21.6 Å². The molecule has 0 aliphatic carbocycles. The van der Waals surface area contributed by atoms with Crippen LogP contribution in [0.4, 0.5) is 4.39 Å². The molecular weight excluding hydrogens is 281 g/mol. The van der Waals surface area contributed by atoms with Gasteiger partial charge >= 0.3 is 0 Å². The van der Waals surface area contributed by atoms with Crippen LogP contribution in [0.15, 0.2) is 53.6 Å². The van der Waals surface area contributed by atoms with E-state index in [0.29, 0.717) is 0 Å². The van der Waals surface area contributed by atoms with Gasteiger partial charge in [-0.3, -0.25) is 4.79 Å². The maximum atomic E-state index is 13.5. The number of para-hydroxylation sites is 1. The zero-order valence-corrected chi connectivity index (χ0v) is 11.9. The summed E-state index contributed by atoms with van der Waals surface area (Å²) in [5, 5.41) is 4.95. The summed E-state index contributed by atoms with van der Waals surface area (Å²) in [5.74, 6) is -1.15. The fraction of sp³-hybridized carbons (Fsp3) is 0.0588. The van der Waals surface area contributed by atoms with Crippen LogP contribution in [0.5, 0.6) is 0 Å². The van der Waals surface area contributed by atoms with Crippen molar-refractivity contribution >= 4 is 23.0 Å². The highest BCUT2D eigenvalue weighted by Gasteiger charge is 2.10. The molecule has 0 radical (unpaired) electrons. The zero-order valence-electron chi connectivity index (χ0n) is 11.9. The smallest absolute Gasteiger partial charge is 0.274 e. The minimum absolute atomic E-state index is 0.0321. The Kier molecular flexibility index (Phi) is 3.70. The molecule has 2 N–H and O–H groups in total. The SMILES string of the molecule is Cc1[nH]c2ccccc2c1/C=N/NC(=O)c1ccccc1F. The molecular formula is C17H14FN3O. The lowest BCUT2D eigenvalue weighted by Crippen LogP contribution is -2.18. The van der Waals surface area contributed by atoms with Gasteiger partial charge in [0, 0.05) is 22.2 Å². The minimum atomic E-state index is -0.577. The van der Waals surface area contributed by atoms with Gasteiger partial charge in [-0.15, -0.1) is 0 Å². The van der Waals surface area contributed by atoms with Crippen molar-refractivity contribution in [3.8, 4) is 0 Å². The second-order valence-electron chi connectivity index (χ2n) is 4.89. The summed E-state index contributed by atoms with van der Waals surface area (Å²) in [6.07, 6.45) is 1.56. The number of aromatic amines is 1. The molecule has 0 aliphatic rings. The molecule has 22 heavy (non-hydrogen) atoms. The predicted octanol–water partition coefficient (Wildman–Crippen LogP) is 3.38. The first-order valence-electron chi connectivity index (χ1n) is 6.82. The van der Waals surface area contributed by atoms with Gasteiger partial charge in [0.15, 0.2) is 0 Å². The average Bonchev–Trinajstić information content (AvgIpc) is 2.83. The molecule has 0 saturated carbocycles. The first kappa shape index (κ1) is 14.0. The molecule has 5 heteroatoms. The second-order valence-corrected chi connectivity index (χ2v) is 4.89. The Morgan fingerprint density at radius 3 is 2.73 bits per heavy atom. The van der Waals surface area contributed by atoms with Crippen molar-refractivity contribution in [1.29, 1.82) is 0 Å². The molecule has 0 unspecified atom stereocenters. The van der Waals surface area contributed by atoms with Gasteiger partial charge in [-0.25, -0.2) is 9.82 Å². The van der Waals surface area contributed by atoms with E-state index in [0.717, 1.165) is 22.2 Å². The Hall–Kier alpha value is -2.95. The highest BCUT2D eigenvalue weighted by atomic mass is 19.1. The second kappa shape index (κ2) is 5.81. The Bertz CT molecular complexity index is 867. The summed E-state index contributed by atoms with van der Waals surface area (Å²) in [5.41, 5.74) is 5.16. The maximum absolute atomic E-state index is 13.5. The number of aryl methyl sites for hydroxylation is 1. The van der Waals surface area contributed by atoms with Crippen LogP contribution in [0.25, 0.3) is 10.9 Å². The number of halogens is 1. The summed E-state index contributed by atoms with van der Waals surface area (Å²) in [4.78, 5) is 15.1. The monoisotopic (exact) mass is 295 g/mol. The van der Waals surface area contributed by atoms with Crippen LogP contribution < -0.4 is 5.43 Å². The lowest BCUT2D eigenvalue weighted by Gasteiger charge is -2.00. The van der Waals surface area contributed by atoms with Crippen molar-refractivity contribution in [1.82, 2.24) is 10.4 Å². The van der Waals surface area contributed by atoms with E-state index in [9.17, 15) is 9.18 Å². The topological polar surface area (TPSA) is 57.2 Å². The molecule has 0 fully saturated rings. The van der Waals surface area contributed by atoms with Crippen LogP contribution in [-0.4, -0.2) is 17.1 Å². The van der Waals surface area contributed by atoms with E-state index >= 15 is 0 Å². The molecule has 3 rings (SSSR count). The normalized spacial score (nSPS) is 11.2. The van der Waals surface area contributed by atoms with Gasteiger partial charge in [0.2, 0.25) is 0 Å². The molecule has 1 heterocycles. The van der Waals surface area contributed by atoms with Gasteiger partial charge in [-0.05, 0) is 25.1 Å². The van der Waals surface area contributed by atoms with Crippen molar-refractivity contribution < 1.29 is 9.18 Å². The standard InChI is InChI=1S/C17H14FN3O/c1-11-14(12-6-3-5-9-16(12)20-11)10-19-21-17(22)13-7-2-4-8-15(13)18/h2-10,20H,1H3,(H,21,22)/b19-10+. The average molecular weight is 295 g/mol. The van der Waals surface area contributed by atoms with Gasteiger partial charge in [0.1, 0.15) is 5.82 Å². The van der Waals surface area contributed by atoms with E-state index in [2.05, 4.69) is 15.5 Å². The summed E-state index contributed by atoms with van der Waals surface area (Å²) in [6, 6.07) is 13.6. The van der Waals surface area contributed by atoms with E-state index in [-0.39, 0.29) is 5.56 Å². The quantitative estimate of drug-likeness (QED) is 0.565. The Labute approximate surface area is 126 Å². The van der Waals surface area contributed by atoms with Crippen LogP contribution in [0, 0.1) is 12.7 Å². The molecule has 0 saturated heterocycles. The number of nitrogens with one attached hydrogen (secondary N) is 2. The number of carbonyl (C=O) groups is 1. The number of hydrogen-bond acceptors (Lipinski definition) is 2. The maximum Gasteiger partial charge on any atom is 0.274 e. The van der Waals surface area contributed by atoms with Gasteiger partial charge in [0.25, 0.3) is 5.91 Å². The van der Waals surface area contributed by atoms with E-state index in [1.807, 2.05) is 31.2 Å². The lowest BCUT2D eigenvalue weighted by molar-refractivity contribution is 0.0951. The van der Waals surface area contributed by atoms with Crippen molar-refractivity contribution in [2.24, 2.45) is 5.10 Å². The minimum Gasteiger partial charge on any atom is -0.358 e. The molecule has 2 aromatic carbocycles. The van der Waals surface area contributed by atoms with Crippen molar-refractivity contribution in [3.63, 3.8) is 0 Å². The first-order valence-corrected chi connectivity index (χ1v) is 6.82. The first-order chi connectivity index (χ1) is 10.7. The van der Waals surface area contributed by atoms with Crippen LogP contribution >= 0.6 is 0 Å². The summed E-state index contributed by atoms with van der Waals surface area (Å²) >= 11 is 0. The van der Waals surface area contributed by atoms with Crippen molar-refractivity contribution in [2.45, 2.75) is 6.92 Å². The number of nitrogens with zero attached hydrogens (tertiary/aromatic N) is 1.